The van der Waals surface area contributed by atoms with E-state index in [1.807, 2.05) is 6.07 Å². The van der Waals surface area contributed by atoms with Crippen LogP contribution >= 0.6 is 0 Å². The molecule has 1 aliphatic rings. The lowest BCUT2D eigenvalue weighted by Gasteiger charge is -1.90. The van der Waals surface area contributed by atoms with E-state index in [9.17, 15) is 0 Å². The molecule has 3 nitrogen and oxygen atoms in total. The van der Waals surface area contributed by atoms with Crippen molar-refractivity contribution < 1.29 is 4.74 Å². The minimum absolute atomic E-state index is 0.375. The quantitative estimate of drug-likeness (QED) is 0.418. The van der Waals surface area contributed by atoms with Crippen molar-refractivity contribution in [3.63, 3.8) is 0 Å². The molecule has 3 heteroatoms. The number of hydrogen-bond donors (Lipinski definition) is 0. The number of nitriles is 1. The van der Waals surface area contributed by atoms with E-state index in [-0.39, 0.29) is 6.10 Å². The molecule has 1 radical (unpaired) electrons. The first kappa shape index (κ1) is 4.13. The van der Waals surface area contributed by atoms with Crippen LogP contribution in [0.15, 0.2) is 4.99 Å². The van der Waals surface area contributed by atoms with Crippen molar-refractivity contribution in [2.24, 2.45) is 4.99 Å². The summed E-state index contributed by atoms with van der Waals surface area (Å²) in [5.74, 6) is 0. The Bertz CT molecular complexity index is 116. The zero-order chi connectivity index (χ0) is 5.11. The monoisotopic (exact) mass is 95.0 g/mol. The largest absolute Gasteiger partial charge is 0.453 e. The van der Waals surface area contributed by atoms with Gasteiger partial charge in [0.25, 0.3) is 6.40 Å². The van der Waals surface area contributed by atoms with Crippen molar-refractivity contribution in [1.29, 1.82) is 5.26 Å². The van der Waals surface area contributed by atoms with Gasteiger partial charge in [0.05, 0.1) is 6.54 Å². The van der Waals surface area contributed by atoms with Gasteiger partial charge in [0.1, 0.15) is 6.07 Å². The molecule has 0 aliphatic carbocycles. The number of aliphatic imine (C=N–C) groups is 1. The molecule has 1 aliphatic heterocycles. The van der Waals surface area contributed by atoms with E-state index in [4.69, 9.17) is 5.26 Å². The van der Waals surface area contributed by atoms with Crippen LogP contribution < -0.4 is 0 Å². The average molecular weight is 95.1 g/mol. The van der Waals surface area contributed by atoms with Crippen LogP contribution in [0.1, 0.15) is 0 Å². The maximum Gasteiger partial charge on any atom is 0.274 e. The number of rotatable bonds is 0. The average Bonchev–Trinajstić information content (AvgIpc) is 2.14. The Kier molecular flexibility index (Phi) is 0.947. The number of ether oxygens (including phenoxy) is 1. The molecular formula is C4H3N2O. The summed E-state index contributed by atoms with van der Waals surface area (Å²) in [7, 11) is 0. The fourth-order valence-electron chi connectivity index (χ4n) is 0.326. The Morgan fingerprint density at radius 3 is 3.14 bits per heavy atom. The predicted molar refractivity (Wildman–Crippen MR) is 22.8 cm³/mol. The summed E-state index contributed by atoms with van der Waals surface area (Å²) in [6.07, 6.45) is 1.85. The van der Waals surface area contributed by atoms with E-state index < -0.39 is 0 Å². The van der Waals surface area contributed by atoms with Crippen molar-refractivity contribution in [2.75, 3.05) is 6.54 Å². The molecule has 0 N–H and O–H groups in total. The molecule has 7 heavy (non-hydrogen) atoms. The summed E-state index contributed by atoms with van der Waals surface area (Å²) in [6, 6.07) is 1.89. The zero-order valence-electron chi connectivity index (χ0n) is 3.59. The first-order chi connectivity index (χ1) is 3.43. The van der Waals surface area contributed by atoms with E-state index in [1.165, 1.54) is 0 Å². The molecule has 0 spiro atoms. The van der Waals surface area contributed by atoms with Gasteiger partial charge >= 0.3 is 0 Å². The smallest absolute Gasteiger partial charge is 0.274 e. The van der Waals surface area contributed by atoms with Crippen LogP contribution in [-0.2, 0) is 4.74 Å². The highest BCUT2D eigenvalue weighted by molar-refractivity contribution is 5.49. The van der Waals surface area contributed by atoms with Crippen molar-refractivity contribution in [3.05, 3.63) is 0 Å². The fraction of sp³-hybridized carbons (Fsp3) is 0.500. The van der Waals surface area contributed by atoms with Gasteiger partial charge in [-0.3, -0.25) is 0 Å². The summed E-state index contributed by atoms with van der Waals surface area (Å²) in [6.45, 7) is 0.441. The Morgan fingerprint density at radius 2 is 2.86 bits per heavy atom. The molecule has 0 bridgehead atoms. The molecule has 0 aromatic carbocycles. The van der Waals surface area contributed by atoms with Crippen LogP contribution in [0, 0.1) is 11.3 Å². The summed E-state index contributed by atoms with van der Waals surface area (Å²) in [5, 5.41) is 8.09. The molecule has 0 amide bonds. The molecule has 0 aromatic rings. The van der Waals surface area contributed by atoms with E-state index in [1.54, 1.807) is 0 Å². The van der Waals surface area contributed by atoms with Gasteiger partial charge in [-0.05, 0) is 0 Å². The molecule has 0 aromatic heterocycles. The molecule has 35 valence electrons. The minimum Gasteiger partial charge on any atom is -0.453 e. The van der Waals surface area contributed by atoms with E-state index >= 15 is 0 Å². The summed E-state index contributed by atoms with van der Waals surface area (Å²) in [5.41, 5.74) is 0. The van der Waals surface area contributed by atoms with Crippen molar-refractivity contribution >= 4 is 6.40 Å². The minimum atomic E-state index is -0.375. The highest BCUT2D eigenvalue weighted by Crippen LogP contribution is 1.94. The number of hydrogen-bond acceptors (Lipinski definition) is 3. The van der Waals surface area contributed by atoms with Gasteiger partial charge in [-0.1, -0.05) is 0 Å². The van der Waals surface area contributed by atoms with Crippen LogP contribution in [-0.4, -0.2) is 19.0 Å². The molecule has 1 rings (SSSR count). The third-order valence-electron chi connectivity index (χ3n) is 0.661. The third-order valence-corrected chi connectivity index (χ3v) is 0.661. The van der Waals surface area contributed by atoms with Crippen LogP contribution in [0.25, 0.3) is 0 Å². The predicted octanol–water partition coefficient (Wildman–Crippen LogP) is -0.186. The van der Waals surface area contributed by atoms with Crippen molar-refractivity contribution in [3.8, 4) is 6.07 Å². The molecule has 0 fully saturated rings. The van der Waals surface area contributed by atoms with Gasteiger partial charge in [-0.25, -0.2) is 4.99 Å². The number of nitrogens with zero attached hydrogens (tertiary/aromatic N) is 2. The first-order valence-corrected chi connectivity index (χ1v) is 1.90. The van der Waals surface area contributed by atoms with Crippen molar-refractivity contribution in [2.45, 2.75) is 6.10 Å². The molecular weight excluding hydrogens is 92.1 g/mol. The Balaban J connectivity index is 2.39. The second-order valence-corrected chi connectivity index (χ2v) is 1.17. The lowest BCUT2D eigenvalue weighted by Crippen LogP contribution is -2.04. The van der Waals surface area contributed by atoms with E-state index in [2.05, 4.69) is 16.1 Å². The van der Waals surface area contributed by atoms with Gasteiger partial charge in [-0.2, -0.15) is 5.26 Å². The van der Waals surface area contributed by atoms with Gasteiger partial charge in [-0.15, -0.1) is 0 Å². The highest BCUT2D eigenvalue weighted by Gasteiger charge is 2.09. The normalized spacial score (nSPS) is 26.4. The molecule has 1 heterocycles. The summed E-state index contributed by atoms with van der Waals surface area (Å²) >= 11 is 0. The van der Waals surface area contributed by atoms with Gasteiger partial charge < -0.3 is 4.74 Å². The maximum atomic E-state index is 8.09. The molecule has 0 saturated carbocycles. The second-order valence-electron chi connectivity index (χ2n) is 1.17. The lowest BCUT2D eigenvalue weighted by atomic mass is 10.4. The Morgan fingerprint density at radius 1 is 2.00 bits per heavy atom. The van der Waals surface area contributed by atoms with Crippen LogP contribution in [0.4, 0.5) is 0 Å². The van der Waals surface area contributed by atoms with Gasteiger partial charge in [0.2, 0.25) is 6.10 Å². The summed E-state index contributed by atoms with van der Waals surface area (Å²) in [4.78, 5) is 3.54. The van der Waals surface area contributed by atoms with Crippen LogP contribution in [0.2, 0.25) is 0 Å². The van der Waals surface area contributed by atoms with Crippen LogP contribution in [0.3, 0.4) is 0 Å². The van der Waals surface area contributed by atoms with Gasteiger partial charge in [0, 0.05) is 0 Å². The standard InChI is InChI=1S/C4H3N2O/c5-1-4-2-6-3-7-4/h4H,2H2. The lowest BCUT2D eigenvalue weighted by molar-refractivity contribution is 0.293. The molecule has 0 saturated heterocycles. The van der Waals surface area contributed by atoms with Crippen molar-refractivity contribution in [1.82, 2.24) is 0 Å². The molecule has 1 atom stereocenters. The first-order valence-electron chi connectivity index (χ1n) is 1.90. The SMILES string of the molecule is N#CC1CN=[C]O1. The fourth-order valence-corrected chi connectivity index (χ4v) is 0.326. The Hall–Kier alpha value is -1.04. The topological polar surface area (TPSA) is 45.4 Å². The molecule has 1 unspecified atom stereocenters. The highest BCUT2D eigenvalue weighted by atomic mass is 16.5. The Labute approximate surface area is 41.2 Å². The maximum absolute atomic E-state index is 8.09. The zero-order valence-corrected chi connectivity index (χ0v) is 3.59. The van der Waals surface area contributed by atoms with E-state index in [0.717, 1.165) is 0 Å². The van der Waals surface area contributed by atoms with Gasteiger partial charge in [0.15, 0.2) is 0 Å². The third kappa shape index (κ3) is 0.686. The van der Waals surface area contributed by atoms with Crippen LogP contribution in [0.5, 0.6) is 0 Å². The second kappa shape index (κ2) is 1.61. The van der Waals surface area contributed by atoms with E-state index in [0.29, 0.717) is 6.54 Å². The summed E-state index contributed by atoms with van der Waals surface area (Å²) < 4.78 is 4.52.